The topological polar surface area (TPSA) is 50.4 Å². The fourth-order valence-corrected chi connectivity index (χ4v) is 1.88. The number of hydrogen-bond acceptors (Lipinski definition) is 2. The summed E-state index contributed by atoms with van der Waals surface area (Å²) in [5.41, 5.74) is 0.579. The van der Waals surface area contributed by atoms with Gasteiger partial charge in [-0.3, -0.25) is 0 Å². The van der Waals surface area contributed by atoms with Crippen molar-refractivity contribution in [3.05, 3.63) is 59.7 Å². The van der Waals surface area contributed by atoms with Crippen molar-refractivity contribution in [3.63, 3.8) is 0 Å². The van der Waals surface area contributed by atoms with Crippen LogP contribution in [0, 0.1) is 11.6 Å². The third kappa shape index (κ3) is 4.18. The van der Waals surface area contributed by atoms with Gasteiger partial charge in [-0.05, 0) is 25.1 Å². The number of hydrogen-bond donors (Lipinski definition) is 2. The number of rotatable bonds is 5. The number of urea groups is 1. The molecule has 6 heteroatoms. The summed E-state index contributed by atoms with van der Waals surface area (Å²) in [4.78, 5) is 11.8. The van der Waals surface area contributed by atoms with E-state index in [1.807, 2.05) is 25.1 Å². The summed E-state index contributed by atoms with van der Waals surface area (Å²) in [5.74, 6) is -0.660. The normalized spacial score (nSPS) is 10.1. The highest BCUT2D eigenvalue weighted by Crippen LogP contribution is 2.18. The molecule has 2 N–H and O–H groups in total. The monoisotopic (exact) mass is 306 g/mol. The van der Waals surface area contributed by atoms with Crippen LogP contribution in [0.5, 0.6) is 5.75 Å². The molecule has 0 saturated carbocycles. The van der Waals surface area contributed by atoms with Gasteiger partial charge in [-0.25, -0.2) is 13.6 Å². The zero-order valence-electron chi connectivity index (χ0n) is 12.0. The van der Waals surface area contributed by atoms with E-state index in [-0.39, 0.29) is 12.2 Å². The van der Waals surface area contributed by atoms with Gasteiger partial charge in [0.05, 0.1) is 12.3 Å². The number of para-hydroxylation sites is 1. The maximum absolute atomic E-state index is 13.4. The predicted octanol–water partition coefficient (Wildman–Crippen LogP) is 3.69. The Balaban J connectivity index is 1.97. The van der Waals surface area contributed by atoms with Crippen LogP contribution in [0.4, 0.5) is 19.3 Å². The summed E-state index contributed by atoms with van der Waals surface area (Å²) >= 11 is 0. The van der Waals surface area contributed by atoms with E-state index in [0.29, 0.717) is 12.4 Å². The Morgan fingerprint density at radius 3 is 2.73 bits per heavy atom. The third-order valence-corrected chi connectivity index (χ3v) is 2.89. The summed E-state index contributed by atoms with van der Waals surface area (Å²) in [5, 5.41) is 4.84. The summed E-state index contributed by atoms with van der Waals surface area (Å²) in [6.45, 7) is 2.58. The van der Waals surface area contributed by atoms with E-state index < -0.39 is 17.7 Å². The molecule has 0 bridgehead atoms. The van der Waals surface area contributed by atoms with Crippen LogP contribution < -0.4 is 15.4 Å². The number of nitrogens with one attached hydrogen (secondary N) is 2. The van der Waals surface area contributed by atoms with E-state index in [1.165, 1.54) is 0 Å². The second kappa shape index (κ2) is 7.40. The van der Waals surface area contributed by atoms with Gasteiger partial charge in [0, 0.05) is 18.2 Å². The van der Waals surface area contributed by atoms with Crippen molar-refractivity contribution in [2.45, 2.75) is 13.5 Å². The molecule has 0 aliphatic carbocycles. The highest BCUT2D eigenvalue weighted by molar-refractivity contribution is 5.89. The molecule has 0 spiro atoms. The number of carbonyl (C=O) groups is 1. The molecule has 2 aromatic carbocycles. The van der Waals surface area contributed by atoms with Crippen LogP contribution in [0.15, 0.2) is 42.5 Å². The summed E-state index contributed by atoms with van der Waals surface area (Å²) < 4.78 is 31.9. The molecule has 0 aromatic heterocycles. The Hall–Kier alpha value is -2.63. The molecule has 0 atom stereocenters. The van der Waals surface area contributed by atoms with E-state index in [0.717, 1.165) is 23.8 Å². The van der Waals surface area contributed by atoms with Crippen LogP contribution in [0.25, 0.3) is 0 Å². The maximum Gasteiger partial charge on any atom is 0.319 e. The predicted molar refractivity (Wildman–Crippen MR) is 79.8 cm³/mol. The smallest absolute Gasteiger partial charge is 0.319 e. The Kier molecular flexibility index (Phi) is 5.30. The van der Waals surface area contributed by atoms with Gasteiger partial charge in [-0.2, -0.15) is 0 Å². The van der Waals surface area contributed by atoms with Gasteiger partial charge in [0.25, 0.3) is 0 Å². The Morgan fingerprint density at radius 1 is 1.18 bits per heavy atom. The van der Waals surface area contributed by atoms with E-state index in [9.17, 15) is 13.6 Å². The lowest BCUT2D eigenvalue weighted by atomic mass is 10.2. The van der Waals surface area contributed by atoms with Gasteiger partial charge in [0.2, 0.25) is 0 Å². The lowest BCUT2D eigenvalue weighted by Gasteiger charge is -2.12. The van der Waals surface area contributed by atoms with Crippen LogP contribution in [0.2, 0.25) is 0 Å². The van der Waals surface area contributed by atoms with E-state index in [4.69, 9.17) is 4.74 Å². The molecule has 2 amide bonds. The van der Waals surface area contributed by atoms with Gasteiger partial charge in [0.15, 0.2) is 0 Å². The number of halogens is 2. The van der Waals surface area contributed by atoms with Crippen LogP contribution >= 0.6 is 0 Å². The van der Waals surface area contributed by atoms with Crippen molar-refractivity contribution in [2.24, 2.45) is 0 Å². The lowest BCUT2D eigenvalue weighted by molar-refractivity contribution is 0.251. The average Bonchev–Trinajstić information content (AvgIpc) is 2.50. The lowest BCUT2D eigenvalue weighted by Crippen LogP contribution is -2.28. The van der Waals surface area contributed by atoms with Crippen molar-refractivity contribution < 1.29 is 18.3 Å². The first-order valence-electron chi connectivity index (χ1n) is 6.80. The average molecular weight is 306 g/mol. The Morgan fingerprint density at radius 2 is 1.95 bits per heavy atom. The van der Waals surface area contributed by atoms with Crippen molar-refractivity contribution in [2.75, 3.05) is 11.9 Å². The second-order valence-electron chi connectivity index (χ2n) is 4.47. The van der Waals surface area contributed by atoms with Crippen molar-refractivity contribution in [1.29, 1.82) is 0 Å². The van der Waals surface area contributed by atoms with Crippen LogP contribution in [-0.4, -0.2) is 12.6 Å². The van der Waals surface area contributed by atoms with Gasteiger partial charge < -0.3 is 15.4 Å². The van der Waals surface area contributed by atoms with Gasteiger partial charge >= 0.3 is 6.03 Å². The Bertz CT molecular complexity index is 662. The van der Waals surface area contributed by atoms with Crippen molar-refractivity contribution in [1.82, 2.24) is 5.32 Å². The fraction of sp³-hybridized carbons (Fsp3) is 0.188. The minimum atomic E-state index is -0.703. The van der Waals surface area contributed by atoms with E-state index >= 15 is 0 Å². The zero-order chi connectivity index (χ0) is 15.9. The molecular weight excluding hydrogens is 290 g/mol. The number of ether oxygens (including phenoxy) is 1. The molecule has 0 unspecified atom stereocenters. The zero-order valence-corrected chi connectivity index (χ0v) is 12.0. The first kappa shape index (κ1) is 15.8. The van der Waals surface area contributed by atoms with Gasteiger partial charge in [-0.1, -0.05) is 18.2 Å². The molecule has 2 aromatic rings. The Labute approximate surface area is 127 Å². The first-order valence-corrected chi connectivity index (χ1v) is 6.80. The number of carbonyl (C=O) groups excluding carboxylic acids is 1. The van der Waals surface area contributed by atoms with Crippen LogP contribution in [0.1, 0.15) is 12.5 Å². The molecule has 0 fully saturated rings. The molecule has 0 saturated heterocycles. The highest BCUT2D eigenvalue weighted by Gasteiger charge is 2.09. The maximum atomic E-state index is 13.4. The number of benzene rings is 2. The SMILES string of the molecule is CCOc1ccccc1CNC(=O)Nc1cc(F)ccc1F. The molecule has 0 heterocycles. The quantitative estimate of drug-likeness (QED) is 0.885. The fourth-order valence-electron chi connectivity index (χ4n) is 1.88. The summed E-state index contributed by atoms with van der Waals surface area (Å²) in [7, 11) is 0. The first-order chi connectivity index (χ1) is 10.6. The summed E-state index contributed by atoms with van der Waals surface area (Å²) in [6, 6.07) is 9.49. The molecule has 0 aliphatic heterocycles. The molecule has 4 nitrogen and oxygen atoms in total. The van der Waals surface area contributed by atoms with Crippen LogP contribution in [-0.2, 0) is 6.54 Å². The molecule has 2 rings (SSSR count). The summed E-state index contributed by atoms with van der Waals surface area (Å²) in [6.07, 6.45) is 0. The largest absolute Gasteiger partial charge is 0.494 e. The minimum Gasteiger partial charge on any atom is -0.494 e. The van der Waals surface area contributed by atoms with Gasteiger partial charge in [0.1, 0.15) is 17.4 Å². The minimum absolute atomic E-state index is 0.207. The molecule has 22 heavy (non-hydrogen) atoms. The van der Waals surface area contributed by atoms with E-state index in [1.54, 1.807) is 6.07 Å². The molecule has 0 aliphatic rings. The standard InChI is InChI=1S/C16H16F2N2O2/c1-2-22-15-6-4-3-5-11(15)10-19-16(21)20-14-9-12(17)7-8-13(14)18/h3-9H,2,10H2,1H3,(H2,19,20,21). The highest BCUT2D eigenvalue weighted by atomic mass is 19.1. The third-order valence-electron chi connectivity index (χ3n) is 2.89. The van der Waals surface area contributed by atoms with Gasteiger partial charge in [-0.15, -0.1) is 0 Å². The number of amides is 2. The van der Waals surface area contributed by atoms with Crippen LogP contribution in [0.3, 0.4) is 0 Å². The molecule has 0 radical (unpaired) electrons. The molecule has 116 valence electrons. The number of anilines is 1. The second-order valence-corrected chi connectivity index (χ2v) is 4.47. The van der Waals surface area contributed by atoms with E-state index in [2.05, 4.69) is 10.6 Å². The molecular formula is C16H16F2N2O2. The van der Waals surface area contributed by atoms with Crippen molar-refractivity contribution >= 4 is 11.7 Å². The van der Waals surface area contributed by atoms with Crippen molar-refractivity contribution in [3.8, 4) is 5.75 Å².